The molecule has 3 aromatic carbocycles. The number of nitrogens with zero attached hydrogens (tertiary/aromatic N) is 3. The molecule has 0 aromatic heterocycles. The molecule has 210 valence electrons. The number of ether oxygens (including phenoxy) is 1. The summed E-state index contributed by atoms with van der Waals surface area (Å²) in [6.45, 7) is 1.14. The smallest absolute Gasteiger partial charge is 0.262 e. The maximum Gasteiger partial charge on any atom is 0.262 e. The van der Waals surface area contributed by atoms with Gasteiger partial charge in [0.25, 0.3) is 19.1 Å². The minimum atomic E-state index is -4.35. The van der Waals surface area contributed by atoms with Gasteiger partial charge in [0.2, 0.25) is 10.0 Å². The van der Waals surface area contributed by atoms with Crippen LogP contribution in [0.3, 0.4) is 0 Å². The highest BCUT2D eigenvalue weighted by atomic mass is 35.7. The number of phenolic OH excluding ortho intramolecular Hbond substituents is 1. The number of anilines is 1. The molecule has 1 aliphatic rings. The fourth-order valence-corrected chi connectivity index (χ4v) is 7.03. The number of hydrogen-bond acceptors (Lipinski definition) is 11. The predicted octanol–water partition coefficient (Wildman–Crippen LogP) is 3.44. The molecule has 0 saturated carbocycles. The second-order valence-corrected chi connectivity index (χ2v) is 14.6. The number of fused-ring (bicyclic) bond motifs is 1. The van der Waals surface area contributed by atoms with E-state index in [1.165, 1.54) is 35.3 Å². The lowest BCUT2D eigenvalue weighted by molar-refractivity contribution is 0.0272. The summed E-state index contributed by atoms with van der Waals surface area (Å²) in [6.07, 6.45) is 0.916. The van der Waals surface area contributed by atoms with E-state index in [0.29, 0.717) is 13.2 Å². The van der Waals surface area contributed by atoms with Crippen molar-refractivity contribution >= 4 is 79.2 Å². The van der Waals surface area contributed by atoms with Crippen LogP contribution < -0.4 is 9.55 Å². The number of rotatable bonds is 8. The van der Waals surface area contributed by atoms with Gasteiger partial charge in [0.05, 0.1) is 41.6 Å². The Balaban J connectivity index is 1.91. The van der Waals surface area contributed by atoms with Crippen molar-refractivity contribution in [1.29, 1.82) is 0 Å². The van der Waals surface area contributed by atoms with Gasteiger partial charge in [-0.1, -0.05) is 23.7 Å². The topological polar surface area (TPSA) is 184 Å². The lowest BCUT2D eigenvalue weighted by atomic mass is 10.1. The van der Waals surface area contributed by atoms with Gasteiger partial charge in [0.1, 0.15) is 15.5 Å². The molecule has 1 aliphatic heterocycles. The van der Waals surface area contributed by atoms with Crippen molar-refractivity contribution in [2.24, 2.45) is 10.2 Å². The Morgan fingerprint density at radius 3 is 2.31 bits per heavy atom. The van der Waals surface area contributed by atoms with Crippen LogP contribution in [0.4, 0.5) is 17.1 Å². The van der Waals surface area contributed by atoms with Crippen molar-refractivity contribution in [1.82, 2.24) is 9.84 Å². The van der Waals surface area contributed by atoms with Crippen LogP contribution in [-0.2, 0) is 33.8 Å². The Morgan fingerprint density at radius 2 is 1.67 bits per heavy atom. The first-order valence-corrected chi connectivity index (χ1v) is 17.0. The average molecular weight is 639 g/mol. The first-order chi connectivity index (χ1) is 18.2. The summed E-state index contributed by atoms with van der Waals surface area (Å²) in [5.41, 5.74) is -0.171. The fourth-order valence-electron chi connectivity index (χ4n) is 3.72. The van der Waals surface area contributed by atoms with Gasteiger partial charge in [-0.25, -0.2) is 30.3 Å². The number of morpholine rings is 1. The highest BCUT2D eigenvalue weighted by molar-refractivity contribution is 8.13. The van der Waals surface area contributed by atoms with Crippen LogP contribution in [0, 0.1) is 0 Å². The molecular weight excluding hydrogens is 617 g/mol. The van der Waals surface area contributed by atoms with Gasteiger partial charge in [-0.05, 0) is 30.3 Å². The summed E-state index contributed by atoms with van der Waals surface area (Å²) in [4.78, 5) is 1.42. The van der Waals surface area contributed by atoms with Gasteiger partial charge in [0, 0.05) is 34.5 Å². The molecule has 3 aromatic rings. The monoisotopic (exact) mass is 637 g/mol. The quantitative estimate of drug-likeness (QED) is 0.246. The standard InChI is InChI=1S/C21H21Cl2N5O8S3/c1-37(30,31)26-16-4-2-3-14-20(16)17(25-24-13-5-6-15(22)18(11-13)38(23,32)33)12-19(21(14)29)39(34,35)27-28-7-9-36-10-8-28/h2-6,11-12,26-27,29H,7-10H2,1H3. The lowest BCUT2D eigenvalue weighted by Gasteiger charge is -2.27. The van der Waals surface area contributed by atoms with Crippen molar-refractivity contribution in [2.45, 2.75) is 9.79 Å². The van der Waals surface area contributed by atoms with Crippen molar-refractivity contribution in [3.8, 4) is 5.75 Å². The van der Waals surface area contributed by atoms with E-state index in [4.69, 9.17) is 27.0 Å². The second-order valence-electron chi connectivity index (χ2n) is 8.29. The van der Waals surface area contributed by atoms with Crippen molar-refractivity contribution in [3.63, 3.8) is 0 Å². The Hall–Kier alpha value is -2.57. The van der Waals surface area contributed by atoms with Crippen LogP contribution in [0.2, 0.25) is 5.02 Å². The molecule has 0 radical (unpaired) electrons. The molecule has 4 rings (SSSR count). The Morgan fingerprint density at radius 1 is 0.974 bits per heavy atom. The van der Waals surface area contributed by atoms with Crippen LogP contribution in [0.5, 0.6) is 5.75 Å². The van der Waals surface area contributed by atoms with Gasteiger partial charge >= 0.3 is 0 Å². The molecule has 0 spiro atoms. The summed E-state index contributed by atoms with van der Waals surface area (Å²) in [7, 11) is -6.95. The number of hydrazine groups is 1. The molecule has 0 amide bonds. The third kappa shape index (κ3) is 6.96. The minimum Gasteiger partial charge on any atom is -0.506 e. The number of sulfonamides is 2. The van der Waals surface area contributed by atoms with Gasteiger partial charge in [0.15, 0.2) is 0 Å². The average Bonchev–Trinajstić information content (AvgIpc) is 2.83. The molecule has 3 N–H and O–H groups in total. The van der Waals surface area contributed by atoms with Gasteiger partial charge in [-0.2, -0.15) is 5.11 Å². The number of aromatic hydroxyl groups is 1. The highest BCUT2D eigenvalue weighted by Crippen LogP contribution is 2.43. The largest absolute Gasteiger partial charge is 0.506 e. The van der Waals surface area contributed by atoms with Crippen molar-refractivity contribution < 1.29 is 35.1 Å². The Kier molecular flexibility index (Phi) is 8.39. The first-order valence-electron chi connectivity index (χ1n) is 10.9. The number of halogens is 2. The number of benzene rings is 3. The zero-order valence-corrected chi connectivity index (χ0v) is 24.0. The van der Waals surface area contributed by atoms with Crippen LogP contribution >= 0.6 is 22.3 Å². The van der Waals surface area contributed by atoms with E-state index in [1.807, 2.05) is 0 Å². The third-order valence-corrected chi connectivity index (χ3v) is 9.16. The van der Waals surface area contributed by atoms with E-state index in [9.17, 15) is 30.4 Å². The van der Waals surface area contributed by atoms with E-state index in [-0.39, 0.29) is 45.9 Å². The number of hydrogen-bond donors (Lipinski definition) is 3. The maximum atomic E-state index is 13.3. The lowest BCUT2D eigenvalue weighted by Crippen LogP contribution is -2.48. The summed E-state index contributed by atoms with van der Waals surface area (Å²) in [6, 6.07) is 8.84. The summed E-state index contributed by atoms with van der Waals surface area (Å²) in [5.74, 6) is -0.649. The molecule has 1 heterocycles. The van der Waals surface area contributed by atoms with Crippen molar-refractivity contribution in [3.05, 3.63) is 47.5 Å². The normalized spacial score (nSPS) is 15.7. The SMILES string of the molecule is CS(=O)(=O)Nc1cccc2c(O)c(S(=O)(=O)NN3CCOCC3)cc(N=Nc3ccc(Cl)c(S(=O)(=O)Cl)c3)c12. The van der Waals surface area contributed by atoms with E-state index < -0.39 is 44.6 Å². The maximum absolute atomic E-state index is 13.3. The van der Waals surface area contributed by atoms with E-state index in [0.717, 1.165) is 18.4 Å². The van der Waals surface area contributed by atoms with E-state index in [2.05, 4.69) is 19.8 Å². The molecule has 1 saturated heterocycles. The minimum absolute atomic E-state index is 0.00975. The van der Waals surface area contributed by atoms with Gasteiger partial charge < -0.3 is 9.84 Å². The first kappa shape index (κ1) is 29.4. The van der Waals surface area contributed by atoms with Crippen LogP contribution in [-0.4, -0.2) is 67.9 Å². The molecule has 0 aliphatic carbocycles. The zero-order chi connectivity index (χ0) is 28.6. The highest BCUT2D eigenvalue weighted by Gasteiger charge is 2.27. The second kappa shape index (κ2) is 11.1. The Bertz CT molecular complexity index is 1790. The zero-order valence-electron chi connectivity index (χ0n) is 20.0. The number of phenols is 1. The summed E-state index contributed by atoms with van der Waals surface area (Å²) < 4.78 is 81.7. The van der Waals surface area contributed by atoms with Crippen LogP contribution in [0.25, 0.3) is 10.8 Å². The molecule has 0 bridgehead atoms. The summed E-state index contributed by atoms with van der Waals surface area (Å²) in [5, 5.41) is 20.3. The molecule has 39 heavy (non-hydrogen) atoms. The molecule has 18 heteroatoms. The fraction of sp³-hybridized carbons (Fsp3) is 0.238. The van der Waals surface area contributed by atoms with Crippen LogP contribution in [0.15, 0.2) is 62.5 Å². The van der Waals surface area contributed by atoms with Gasteiger partial charge in [-0.15, -0.1) is 9.95 Å². The molecule has 0 unspecified atom stereocenters. The van der Waals surface area contributed by atoms with Crippen LogP contribution in [0.1, 0.15) is 0 Å². The number of nitrogens with one attached hydrogen (secondary N) is 2. The third-order valence-electron chi connectivity index (χ3n) is 5.37. The molecule has 1 fully saturated rings. The molecular formula is C21H21Cl2N5O8S3. The van der Waals surface area contributed by atoms with E-state index in [1.54, 1.807) is 0 Å². The number of azo groups is 1. The summed E-state index contributed by atoms with van der Waals surface area (Å²) >= 11 is 5.91. The molecule has 13 nitrogen and oxygen atoms in total. The molecule has 0 atom stereocenters. The van der Waals surface area contributed by atoms with Crippen molar-refractivity contribution in [2.75, 3.05) is 37.3 Å². The van der Waals surface area contributed by atoms with E-state index >= 15 is 0 Å². The van der Waals surface area contributed by atoms with Gasteiger partial charge in [-0.3, -0.25) is 4.72 Å². The Labute approximate surface area is 233 Å². The predicted molar refractivity (Wildman–Crippen MR) is 145 cm³/mol.